The Morgan fingerprint density at radius 1 is 1.10 bits per heavy atom. The van der Waals surface area contributed by atoms with Gasteiger partial charge in [-0.25, -0.2) is 8.42 Å². The molecule has 0 bridgehead atoms. The lowest BCUT2D eigenvalue weighted by Crippen LogP contribution is -2.46. The highest BCUT2D eigenvalue weighted by atomic mass is 32.2. The van der Waals surface area contributed by atoms with Gasteiger partial charge in [0.05, 0.1) is 10.6 Å². The third-order valence-electron chi connectivity index (χ3n) is 5.63. The van der Waals surface area contributed by atoms with E-state index in [0.717, 1.165) is 19.5 Å². The van der Waals surface area contributed by atoms with Crippen molar-refractivity contribution in [2.24, 2.45) is 0 Å². The third kappa shape index (κ3) is 5.46. The first-order valence-corrected chi connectivity index (χ1v) is 11.9. The Labute approximate surface area is 174 Å². The smallest absolute Gasteiger partial charge is 0.253 e. The number of nitrogens with zero attached hydrogens (tertiary/aromatic N) is 2. The predicted octanol–water partition coefficient (Wildman–Crippen LogP) is 3.61. The molecule has 1 fully saturated rings. The standard InChI is InChI=1S/C23H30N2O3S/c1-3-29(27,28)22-14-9-12-20(16-22)23(26)24(2)18-21-13-7-8-15-25(21)17-19-10-5-4-6-11-19/h4-6,9-12,14,16,21H,3,7-8,13,15,17-18H2,1-2H3/t21-/m1/s1. The molecule has 0 radical (unpaired) electrons. The summed E-state index contributed by atoms with van der Waals surface area (Å²) in [7, 11) is -1.53. The van der Waals surface area contributed by atoms with E-state index < -0.39 is 9.84 Å². The van der Waals surface area contributed by atoms with Gasteiger partial charge in [-0.05, 0) is 43.1 Å². The average Bonchev–Trinajstić information content (AvgIpc) is 2.75. The van der Waals surface area contributed by atoms with Gasteiger partial charge in [-0.2, -0.15) is 0 Å². The lowest BCUT2D eigenvalue weighted by molar-refractivity contribution is 0.0670. The van der Waals surface area contributed by atoms with Crippen LogP contribution in [0.4, 0.5) is 0 Å². The fourth-order valence-corrected chi connectivity index (χ4v) is 4.83. The van der Waals surface area contributed by atoms with Crippen molar-refractivity contribution in [2.45, 2.75) is 43.7 Å². The van der Waals surface area contributed by atoms with Crippen LogP contribution in [0.3, 0.4) is 0 Å². The van der Waals surface area contributed by atoms with Crippen LogP contribution >= 0.6 is 0 Å². The minimum absolute atomic E-state index is 0.0248. The molecule has 2 aromatic rings. The van der Waals surface area contributed by atoms with Gasteiger partial charge in [-0.3, -0.25) is 9.69 Å². The number of amides is 1. The molecule has 3 rings (SSSR count). The van der Waals surface area contributed by atoms with E-state index in [1.54, 1.807) is 37.1 Å². The molecule has 0 unspecified atom stereocenters. The van der Waals surface area contributed by atoms with Crippen LogP contribution in [0.2, 0.25) is 0 Å². The van der Waals surface area contributed by atoms with E-state index in [2.05, 4.69) is 29.2 Å². The number of piperidine rings is 1. The van der Waals surface area contributed by atoms with E-state index in [0.29, 0.717) is 18.2 Å². The Morgan fingerprint density at radius 3 is 2.59 bits per heavy atom. The van der Waals surface area contributed by atoms with Crippen LogP contribution in [0, 0.1) is 0 Å². The average molecular weight is 415 g/mol. The molecule has 1 atom stereocenters. The maximum Gasteiger partial charge on any atom is 0.253 e. The molecule has 1 amide bonds. The normalized spacial score (nSPS) is 17.8. The molecular formula is C23H30N2O3S. The first-order chi connectivity index (χ1) is 13.9. The van der Waals surface area contributed by atoms with E-state index in [4.69, 9.17) is 0 Å². The highest BCUT2D eigenvalue weighted by molar-refractivity contribution is 7.91. The van der Waals surface area contributed by atoms with Crippen molar-refractivity contribution in [3.63, 3.8) is 0 Å². The second-order valence-electron chi connectivity index (χ2n) is 7.72. The fraction of sp³-hybridized carbons (Fsp3) is 0.435. The van der Waals surface area contributed by atoms with E-state index in [-0.39, 0.29) is 16.6 Å². The Balaban J connectivity index is 1.70. The van der Waals surface area contributed by atoms with E-state index in [9.17, 15) is 13.2 Å². The molecule has 0 saturated carbocycles. The topological polar surface area (TPSA) is 57.7 Å². The minimum atomic E-state index is -3.33. The Morgan fingerprint density at radius 2 is 1.86 bits per heavy atom. The molecule has 1 aliphatic heterocycles. The van der Waals surface area contributed by atoms with Gasteiger partial charge in [0, 0.05) is 31.7 Å². The van der Waals surface area contributed by atoms with Gasteiger partial charge in [0.15, 0.2) is 9.84 Å². The fourth-order valence-electron chi connectivity index (χ4n) is 3.90. The van der Waals surface area contributed by atoms with Crippen LogP contribution in [0.1, 0.15) is 42.1 Å². The number of hydrogen-bond donors (Lipinski definition) is 0. The number of carbonyl (C=O) groups excluding carboxylic acids is 1. The number of rotatable bonds is 7. The maximum absolute atomic E-state index is 13.0. The third-order valence-corrected chi connectivity index (χ3v) is 7.36. The SMILES string of the molecule is CCS(=O)(=O)c1cccc(C(=O)N(C)C[C@H]2CCCCN2Cc2ccccc2)c1. The first kappa shape index (κ1) is 21.5. The van der Waals surface area contributed by atoms with Crippen molar-refractivity contribution in [2.75, 3.05) is 25.9 Å². The summed E-state index contributed by atoms with van der Waals surface area (Å²) < 4.78 is 24.3. The van der Waals surface area contributed by atoms with Gasteiger partial charge in [-0.1, -0.05) is 49.7 Å². The number of carbonyl (C=O) groups is 1. The lowest BCUT2D eigenvalue weighted by atomic mass is 10.0. The molecule has 5 nitrogen and oxygen atoms in total. The van der Waals surface area contributed by atoms with Crippen LogP contribution < -0.4 is 0 Å². The van der Waals surface area contributed by atoms with Crippen LogP contribution in [-0.4, -0.2) is 56.1 Å². The molecule has 1 heterocycles. The Kier molecular flexibility index (Phi) is 7.09. The van der Waals surface area contributed by atoms with E-state index >= 15 is 0 Å². The summed E-state index contributed by atoms with van der Waals surface area (Å²) >= 11 is 0. The van der Waals surface area contributed by atoms with E-state index in [1.807, 2.05) is 6.07 Å². The van der Waals surface area contributed by atoms with Crippen LogP contribution in [0.15, 0.2) is 59.5 Å². The van der Waals surface area contributed by atoms with Crippen molar-refractivity contribution in [1.29, 1.82) is 0 Å². The molecule has 1 aliphatic rings. The molecular weight excluding hydrogens is 384 g/mol. The van der Waals surface area contributed by atoms with Crippen molar-refractivity contribution >= 4 is 15.7 Å². The van der Waals surface area contributed by atoms with Gasteiger partial charge in [-0.15, -0.1) is 0 Å². The monoisotopic (exact) mass is 414 g/mol. The van der Waals surface area contributed by atoms with Gasteiger partial charge >= 0.3 is 0 Å². The number of hydrogen-bond acceptors (Lipinski definition) is 4. The number of sulfone groups is 1. The van der Waals surface area contributed by atoms with Gasteiger partial charge in [0.1, 0.15) is 0 Å². The predicted molar refractivity (Wildman–Crippen MR) is 116 cm³/mol. The zero-order valence-electron chi connectivity index (χ0n) is 17.3. The van der Waals surface area contributed by atoms with E-state index in [1.165, 1.54) is 24.5 Å². The summed E-state index contributed by atoms with van der Waals surface area (Å²) in [5, 5.41) is 0. The van der Waals surface area contributed by atoms with Crippen LogP contribution in [0.25, 0.3) is 0 Å². The zero-order chi connectivity index (χ0) is 20.9. The molecule has 2 aromatic carbocycles. The molecule has 29 heavy (non-hydrogen) atoms. The molecule has 0 N–H and O–H groups in total. The van der Waals surface area contributed by atoms with Gasteiger partial charge in [0.2, 0.25) is 0 Å². The number of likely N-dealkylation sites (tertiary alicyclic amines) is 1. The van der Waals surface area contributed by atoms with Crippen LogP contribution in [-0.2, 0) is 16.4 Å². The largest absolute Gasteiger partial charge is 0.340 e. The minimum Gasteiger partial charge on any atom is -0.340 e. The van der Waals surface area contributed by atoms with Gasteiger partial charge < -0.3 is 4.90 Å². The molecule has 1 saturated heterocycles. The zero-order valence-corrected chi connectivity index (χ0v) is 18.1. The summed E-state index contributed by atoms with van der Waals surface area (Å²) in [5.41, 5.74) is 1.71. The quantitative estimate of drug-likeness (QED) is 0.695. The highest BCUT2D eigenvalue weighted by Crippen LogP contribution is 2.21. The maximum atomic E-state index is 13.0. The summed E-state index contributed by atoms with van der Waals surface area (Å²) in [4.78, 5) is 17.4. The molecule has 0 aromatic heterocycles. The van der Waals surface area contributed by atoms with Gasteiger partial charge in [0.25, 0.3) is 5.91 Å². The molecule has 0 spiro atoms. The summed E-state index contributed by atoms with van der Waals surface area (Å²) in [6.45, 7) is 4.17. The second-order valence-corrected chi connectivity index (χ2v) is 10.0. The number of likely N-dealkylation sites (N-methyl/N-ethyl adjacent to an activating group) is 1. The Hall–Kier alpha value is -2.18. The van der Waals surface area contributed by atoms with Crippen LogP contribution in [0.5, 0.6) is 0 Å². The highest BCUT2D eigenvalue weighted by Gasteiger charge is 2.26. The second kappa shape index (κ2) is 9.55. The Bertz CT molecular complexity index is 928. The number of benzene rings is 2. The first-order valence-electron chi connectivity index (χ1n) is 10.3. The summed E-state index contributed by atoms with van der Waals surface area (Å²) in [5.74, 6) is -0.111. The summed E-state index contributed by atoms with van der Waals surface area (Å²) in [6, 6.07) is 17.1. The van der Waals surface area contributed by atoms with Crippen molar-refractivity contribution in [1.82, 2.24) is 9.80 Å². The molecule has 6 heteroatoms. The van der Waals surface area contributed by atoms with Crippen molar-refractivity contribution in [3.05, 3.63) is 65.7 Å². The molecule has 0 aliphatic carbocycles. The molecule has 156 valence electrons. The van der Waals surface area contributed by atoms with Crippen molar-refractivity contribution < 1.29 is 13.2 Å². The summed E-state index contributed by atoms with van der Waals surface area (Å²) in [6.07, 6.45) is 3.41. The van der Waals surface area contributed by atoms with Crippen molar-refractivity contribution in [3.8, 4) is 0 Å². The lowest BCUT2D eigenvalue weighted by Gasteiger charge is -2.38.